The van der Waals surface area contributed by atoms with Gasteiger partial charge in [0, 0.05) is 27.5 Å². The van der Waals surface area contributed by atoms with Crippen molar-refractivity contribution in [2.75, 3.05) is 10.0 Å². The average Bonchev–Trinajstić information content (AvgIpc) is 3.29. The van der Waals surface area contributed by atoms with Crippen molar-refractivity contribution in [3.63, 3.8) is 0 Å². The Hall–Kier alpha value is -4.14. The van der Waals surface area contributed by atoms with Gasteiger partial charge in [-0.2, -0.15) is 0 Å². The summed E-state index contributed by atoms with van der Waals surface area (Å²) in [5.74, 6) is 0.439. The molecule has 174 valence electrons. The number of sulfonamides is 1. The summed E-state index contributed by atoms with van der Waals surface area (Å²) in [6.07, 6.45) is 0. The van der Waals surface area contributed by atoms with E-state index in [1.807, 2.05) is 36.4 Å². The zero-order valence-electron chi connectivity index (χ0n) is 18.2. The van der Waals surface area contributed by atoms with Gasteiger partial charge in [0.25, 0.3) is 15.9 Å². The van der Waals surface area contributed by atoms with E-state index >= 15 is 0 Å². The number of fused-ring (bicyclic) bond motifs is 1. The number of rotatable bonds is 6. The van der Waals surface area contributed by atoms with Gasteiger partial charge in [-0.1, -0.05) is 23.7 Å². The van der Waals surface area contributed by atoms with Gasteiger partial charge < -0.3 is 10.3 Å². The van der Waals surface area contributed by atoms with Crippen molar-refractivity contribution in [2.24, 2.45) is 0 Å². The number of H-pyrrole nitrogens is 1. The molecule has 3 N–H and O–H groups in total. The Morgan fingerprint density at radius 3 is 2.14 bits per heavy atom. The van der Waals surface area contributed by atoms with Gasteiger partial charge >= 0.3 is 0 Å². The number of benzene rings is 4. The zero-order chi connectivity index (χ0) is 24.4. The fourth-order valence-electron chi connectivity index (χ4n) is 3.52. The predicted molar refractivity (Wildman–Crippen MR) is 138 cm³/mol. The molecule has 0 spiro atoms. The maximum absolute atomic E-state index is 12.7. The standard InChI is InChI=1S/C26H19ClN4O3S/c27-19-9-15-22(16-10-19)35(33,34)31-21-13-7-18(8-14-21)26(32)28-20-11-5-17(6-12-20)25-29-23-3-1-2-4-24(23)30-25/h1-16,31H,(H,28,32)(H,29,30). The molecule has 1 amide bonds. The second-order valence-electron chi connectivity index (χ2n) is 7.77. The number of aromatic nitrogens is 2. The number of imidazole rings is 1. The van der Waals surface area contributed by atoms with E-state index in [0.29, 0.717) is 22.0 Å². The number of carbonyl (C=O) groups excluding carboxylic acids is 1. The van der Waals surface area contributed by atoms with Gasteiger partial charge in [-0.3, -0.25) is 9.52 Å². The molecule has 7 nitrogen and oxygen atoms in total. The number of aromatic amines is 1. The lowest BCUT2D eigenvalue weighted by molar-refractivity contribution is 0.102. The smallest absolute Gasteiger partial charge is 0.261 e. The topological polar surface area (TPSA) is 104 Å². The molecule has 0 bridgehead atoms. The molecule has 0 radical (unpaired) electrons. The third kappa shape index (κ3) is 5.03. The van der Waals surface area contributed by atoms with Gasteiger partial charge in [-0.25, -0.2) is 13.4 Å². The van der Waals surface area contributed by atoms with Gasteiger partial charge in [0.15, 0.2) is 0 Å². The number of hydrogen-bond acceptors (Lipinski definition) is 4. The number of nitrogens with zero attached hydrogens (tertiary/aromatic N) is 1. The number of anilines is 2. The molecule has 5 rings (SSSR count). The minimum absolute atomic E-state index is 0.0924. The number of para-hydroxylation sites is 2. The molecular formula is C26H19ClN4O3S. The summed E-state index contributed by atoms with van der Waals surface area (Å²) in [7, 11) is -3.76. The van der Waals surface area contributed by atoms with E-state index in [1.54, 1.807) is 24.3 Å². The summed E-state index contributed by atoms with van der Waals surface area (Å²) in [5, 5.41) is 3.29. The van der Waals surface area contributed by atoms with Crippen LogP contribution in [0.2, 0.25) is 5.02 Å². The number of amides is 1. The van der Waals surface area contributed by atoms with Crippen LogP contribution in [0.3, 0.4) is 0 Å². The van der Waals surface area contributed by atoms with Gasteiger partial charge in [-0.05, 0) is 84.9 Å². The van der Waals surface area contributed by atoms with Gasteiger partial charge in [0.2, 0.25) is 0 Å². The van der Waals surface area contributed by atoms with Crippen molar-refractivity contribution >= 4 is 49.9 Å². The van der Waals surface area contributed by atoms with Gasteiger partial charge in [-0.15, -0.1) is 0 Å². The van der Waals surface area contributed by atoms with E-state index in [1.165, 1.54) is 36.4 Å². The van der Waals surface area contributed by atoms with Crippen molar-refractivity contribution in [1.29, 1.82) is 0 Å². The lowest BCUT2D eigenvalue weighted by Crippen LogP contribution is -2.14. The van der Waals surface area contributed by atoms with Crippen LogP contribution in [0.1, 0.15) is 10.4 Å². The molecule has 0 aliphatic heterocycles. The van der Waals surface area contributed by atoms with E-state index < -0.39 is 10.0 Å². The Kier molecular flexibility index (Phi) is 5.98. The molecule has 5 aromatic rings. The van der Waals surface area contributed by atoms with Gasteiger partial charge in [0.05, 0.1) is 15.9 Å². The quantitative estimate of drug-likeness (QED) is 0.267. The molecule has 0 unspecified atom stereocenters. The molecule has 9 heteroatoms. The van der Waals surface area contributed by atoms with Crippen LogP contribution in [-0.2, 0) is 10.0 Å². The molecule has 35 heavy (non-hydrogen) atoms. The Morgan fingerprint density at radius 1 is 0.800 bits per heavy atom. The summed E-state index contributed by atoms with van der Waals surface area (Å²) in [4.78, 5) is 20.6. The fraction of sp³-hybridized carbons (Fsp3) is 0. The lowest BCUT2D eigenvalue weighted by atomic mass is 10.1. The van der Waals surface area contributed by atoms with Crippen LogP contribution in [0.25, 0.3) is 22.4 Å². The van der Waals surface area contributed by atoms with Gasteiger partial charge in [0.1, 0.15) is 5.82 Å². The molecule has 0 saturated carbocycles. The van der Waals surface area contributed by atoms with Crippen LogP contribution >= 0.6 is 11.6 Å². The summed E-state index contributed by atoms with van der Waals surface area (Å²) < 4.78 is 27.5. The minimum atomic E-state index is -3.76. The Morgan fingerprint density at radius 2 is 1.46 bits per heavy atom. The van der Waals surface area contributed by atoms with Crippen molar-refractivity contribution in [1.82, 2.24) is 9.97 Å². The van der Waals surface area contributed by atoms with E-state index in [2.05, 4.69) is 20.0 Å². The van der Waals surface area contributed by atoms with Crippen LogP contribution in [0.5, 0.6) is 0 Å². The molecule has 1 heterocycles. The second kappa shape index (κ2) is 9.25. The van der Waals surface area contributed by atoms with Crippen molar-refractivity contribution in [3.05, 3.63) is 108 Å². The second-order valence-corrected chi connectivity index (χ2v) is 9.89. The average molecular weight is 503 g/mol. The highest BCUT2D eigenvalue weighted by atomic mass is 35.5. The molecule has 0 aliphatic carbocycles. The maximum Gasteiger partial charge on any atom is 0.261 e. The van der Waals surface area contributed by atoms with E-state index in [4.69, 9.17) is 11.6 Å². The first kappa shape index (κ1) is 22.6. The number of carbonyl (C=O) groups is 1. The Labute approximate surface area is 206 Å². The molecule has 4 aromatic carbocycles. The van der Waals surface area contributed by atoms with E-state index in [0.717, 1.165) is 22.4 Å². The maximum atomic E-state index is 12.7. The normalized spacial score (nSPS) is 11.3. The third-order valence-corrected chi connectivity index (χ3v) is 6.98. The summed E-state index contributed by atoms with van der Waals surface area (Å²) in [5.41, 5.74) is 4.10. The lowest BCUT2D eigenvalue weighted by Gasteiger charge is -2.10. The molecule has 0 saturated heterocycles. The van der Waals surface area contributed by atoms with Crippen LogP contribution in [0, 0.1) is 0 Å². The largest absolute Gasteiger partial charge is 0.338 e. The van der Waals surface area contributed by atoms with Crippen LogP contribution in [0.15, 0.2) is 102 Å². The van der Waals surface area contributed by atoms with Crippen LogP contribution in [0.4, 0.5) is 11.4 Å². The van der Waals surface area contributed by atoms with E-state index in [9.17, 15) is 13.2 Å². The SMILES string of the molecule is O=C(Nc1ccc(-c2nc3ccccc3[nH]2)cc1)c1ccc(NS(=O)(=O)c2ccc(Cl)cc2)cc1. The number of hydrogen-bond donors (Lipinski definition) is 3. The molecule has 0 aliphatic rings. The molecular weight excluding hydrogens is 484 g/mol. The van der Waals surface area contributed by atoms with Crippen molar-refractivity contribution in [3.8, 4) is 11.4 Å². The summed E-state index contributed by atoms with van der Waals surface area (Å²) in [6.45, 7) is 0. The highest BCUT2D eigenvalue weighted by Gasteiger charge is 2.15. The van der Waals surface area contributed by atoms with Crippen molar-refractivity contribution < 1.29 is 13.2 Å². The van der Waals surface area contributed by atoms with E-state index in [-0.39, 0.29) is 10.8 Å². The highest BCUT2D eigenvalue weighted by molar-refractivity contribution is 7.92. The zero-order valence-corrected chi connectivity index (χ0v) is 19.8. The number of halogens is 1. The first-order chi connectivity index (χ1) is 16.9. The predicted octanol–water partition coefficient (Wildman–Crippen LogP) is 5.94. The monoisotopic (exact) mass is 502 g/mol. The van der Waals surface area contributed by atoms with Crippen LogP contribution < -0.4 is 10.0 Å². The minimum Gasteiger partial charge on any atom is -0.338 e. The molecule has 0 fully saturated rings. The first-order valence-corrected chi connectivity index (χ1v) is 12.5. The fourth-order valence-corrected chi connectivity index (χ4v) is 4.71. The van der Waals surface area contributed by atoms with Crippen LogP contribution in [-0.4, -0.2) is 24.3 Å². The third-order valence-electron chi connectivity index (χ3n) is 5.33. The highest BCUT2D eigenvalue weighted by Crippen LogP contribution is 2.23. The molecule has 0 atom stereocenters. The Balaban J connectivity index is 1.25. The number of nitrogens with one attached hydrogen (secondary N) is 3. The first-order valence-electron chi connectivity index (χ1n) is 10.6. The summed E-state index contributed by atoms with van der Waals surface area (Å²) >= 11 is 5.82. The summed E-state index contributed by atoms with van der Waals surface area (Å²) in [6, 6.07) is 27.2. The van der Waals surface area contributed by atoms with Crippen molar-refractivity contribution in [2.45, 2.75) is 4.90 Å². The Bertz CT molecular complexity index is 1580. The molecule has 1 aromatic heterocycles.